The van der Waals surface area contributed by atoms with E-state index in [0.29, 0.717) is 12.2 Å². The minimum absolute atomic E-state index is 0.149. The van der Waals surface area contributed by atoms with Crippen LogP contribution in [0.4, 0.5) is 0 Å². The van der Waals surface area contributed by atoms with Crippen LogP contribution in [0, 0.1) is 0 Å². The third-order valence-electron chi connectivity index (χ3n) is 3.96. The largest absolute Gasteiger partial charge is 0.456 e. The predicted octanol–water partition coefficient (Wildman–Crippen LogP) is 5.17. The lowest BCUT2D eigenvalue weighted by Crippen LogP contribution is -2.23. The summed E-state index contributed by atoms with van der Waals surface area (Å²) in [4.78, 5) is 12.3. The Bertz CT molecular complexity index is 442. The Morgan fingerprint density at radius 1 is 1.09 bits per heavy atom. The van der Waals surface area contributed by atoms with Crippen LogP contribution in [0.5, 0.6) is 0 Å². The van der Waals surface area contributed by atoms with E-state index < -0.39 is 0 Å². The molecule has 1 rings (SSSR count). The highest BCUT2D eigenvalue weighted by Crippen LogP contribution is 2.14. The summed E-state index contributed by atoms with van der Waals surface area (Å²) in [6.07, 6.45) is 8.83. The first kappa shape index (κ1) is 19.7. The van der Waals surface area contributed by atoms with Crippen molar-refractivity contribution in [3.8, 4) is 0 Å². The van der Waals surface area contributed by atoms with E-state index in [0.717, 1.165) is 25.7 Å². The van der Waals surface area contributed by atoms with Gasteiger partial charge >= 0.3 is 5.97 Å². The molecule has 0 saturated carbocycles. The third-order valence-corrected chi connectivity index (χ3v) is 3.96. The summed E-state index contributed by atoms with van der Waals surface area (Å²) in [7, 11) is 1.65. The fourth-order valence-electron chi connectivity index (χ4n) is 2.70. The fourth-order valence-corrected chi connectivity index (χ4v) is 2.70. The van der Waals surface area contributed by atoms with E-state index in [1.807, 2.05) is 18.2 Å². The van der Waals surface area contributed by atoms with Gasteiger partial charge < -0.3 is 9.47 Å². The monoisotopic (exact) mass is 320 g/mol. The van der Waals surface area contributed by atoms with Crippen LogP contribution in [0.3, 0.4) is 0 Å². The van der Waals surface area contributed by atoms with Gasteiger partial charge in [-0.05, 0) is 37.0 Å². The molecular formula is C20H32O3. The van der Waals surface area contributed by atoms with Gasteiger partial charge in [-0.2, -0.15) is 0 Å². The molecule has 0 bridgehead atoms. The Morgan fingerprint density at radius 3 is 2.57 bits per heavy atom. The van der Waals surface area contributed by atoms with Crippen molar-refractivity contribution in [1.82, 2.24) is 0 Å². The first-order chi connectivity index (χ1) is 11.2. The molecule has 0 fully saturated rings. The van der Waals surface area contributed by atoms with Gasteiger partial charge in [-0.1, -0.05) is 58.1 Å². The molecule has 1 atom stereocenters. The molecule has 0 heterocycles. The average molecular weight is 320 g/mol. The predicted molar refractivity (Wildman–Crippen MR) is 94.9 cm³/mol. The van der Waals surface area contributed by atoms with Crippen LogP contribution in [0.25, 0.3) is 0 Å². The number of hydrogen-bond acceptors (Lipinski definition) is 3. The molecule has 0 saturated heterocycles. The van der Waals surface area contributed by atoms with Crippen molar-refractivity contribution in [3.05, 3.63) is 35.4 Å². The van der Waals surface area contributed by atoms with E-state index in [1.165, 1.54) is 31.2 Å². The van der Waals surface area contributed by atoms with Crippen molar-refractivity contribution < 1.29 is 14.3 Å². The van der Waals surface area contributed by atoms with Crippen molar-refractivity contribution in [2.45, 2.75) is 71.3 Å². The van der Waals surface area contributed by atoms with Crippen molar-refractivity contribution in [1.29, 1.82) is 0 Å². The minimum Gasteiger partial charge on any atom is -0.456 e. The number of benzene rings is 1. The molecule has 0 radical (unpaired) electrons. The van der Waals surface area contributed by atoms with Crippen LogP contribution in [0.15, 0.2) is 24.3 Å². The van der Waals surface area contributed by atoms with E-state index in [9.17, 15) is 4.79 Å². The van der Waals surface area contributed by atoms with E-state index >= 15 is 0 Å². The Labute approximate surface area is 141 Å². The number of ether oxygens (including phenoxy) is 2. The quantitative estimate of drug-likeness (QED) is 0.393. The van der Waals surface area contributed by atoms with Gasteiger partial charge in [0.15, 0.2) is 0 Å². The van der Waals surface area contributed by atoms with Gasteiger partial charge in [-0.15, -0.1) is 0 Å². The van der Waals surface area contributed by atoms with E-state index in [1.54, 1.807) is 7.11 Å². The van der Waals surface area contributed by atoms with Crippen molar-refractivity contribution in [3.63, 3.8) is 0 Å². The molecule has 3 heteroatoms. The van der Waals surface area contributed by atoms with Gasteiger partial charge in [-0.25, -0.2) is 4.79 Å². The number of rotatable bonds is 12. The SMILES string of the molecule is CCCCCCCC(COC)OC(=O)c1cccc(CCC)c1. The molecule has 0 aliphatic rings. The lowest BCUT2D eigenvalue weighted by Gasteiger charge is -2.17. The molecule has 23 heavy (non-hydrogen) atoms. The molecule has 0 aromatic heterocycles. The maximum atomic E-state index is 12.3. The zero-order valence-corrected chi connectivity index (χ0v) is 15.0. The van der Waals surface area contributed by atoms with Gasteiger partial charge in [0.25, 0.3) is 0 Å². The number of methoxy groups -OCH3 is 1. The van der Waals surface area contributed by atoms with Crippen LogP contribution >= 0.6 is 0 Å². The number of carbonyl (C=O) groups excluding carboxylic acids is 1. The van der Waals surface area contributed by atoms with Gasteiger partial charge in [0, 0.05) is 7.11 Å². The molecule has 0 aliphatic heterocycles. The third kappa shape index (κ3) is 8.17. The maximum absolute atomic E-state index is 12.3. The van der Waals surface area contributed by atoms with Gasteiger partial charge in [0.2, 0.25) is 0 Å². The molecule has 0 aliphatic carbocycles. The van der Waals surface area contributed by atoms with Gasteiger partial charge in [-0.3, -0.25) is 0 Å². The first-order valence-corrected chi connectivity index (χ1v) is 9.00. The van der Waals surface area contributed by atoms with Crippen LogP contribution in [0.2, 0.25) is 0 Å². The Hall–Kier alpha value is -1.35. The average Bonchev–Trinajstić information content (AvgIpc) is 2.55. The molecule has 130 valence electrons. The maximum Gasteiger partial charge on any atom is 0.338 e. The summed E-state index contributed by atoms with van der Waals surface area (Å²) in [5.74, 6) is -0.237. The Kier molecular flexibility index (Phi) is 10.4. The van der Waals surface area contributed by atoms with Crippen LogP contribution in [-0.4, -0.2) is 25.8 Å². The fraction of sp³-hybridized carbons (Fsp3) is 0.650. The number of esters is 1. The molecule has 0 amide bonds. The van der Waals surface area contributed by atoms with Crippen molar-refractivity contribution in [2.24, 2.45) is 0 Å². The zero-order valence-electron chi connectivity index (χ0n) is 15.0. The summed E-state index contributed by atoms with van der Waals surface area (Å²) in [5, 5.41) is 0. The molecule has 3 nitrogen and oxygen atoms in total. The summed E-state index contributed by atoms with van der Waals surface area (Å²) < 4.78 is 10.9. The lowest BCUT2D eigenvalue weighted by atomic mass is 10.1. The van der Waals surface area contributed by atoms with Gasteiger partial charge in [0.1, 0.15) is 6.10 Å². The van der Waals surface area contributed by atoms with Crippen LogP contribution < -0.4 is 0 Å². The second-order valence-electron chi connectivity index (χ2n) is 6.14. The highest BCUT2D eigenvalue weighted by molar-refractivity contribution is 5.89. The molecular weight excluding hydrogens is 288 g/mol. The summed E-state index contributed by atoms with van der Waals surface area (Å²) in [5.41, 5.74) is 1.83. The topological polar surface area (TPSA) is 35.5 Å². The zero-order chi connectivity index (χ0) is 16.9. The molecule has 0 N–H and O–H groups in total. The smallest absolute Gasteiger partial charge is 0.338 e. The second-order valence-corrected chi connectivity index (χ2v) is 6.14. The van der Waals surface area contributed by atoms with Crippen molar-refractivity contribution >= 4 is 5.97 Å². The molecule has 0 spiro atoms. The standard InChI is InChI=1S/C20H32O3/c1-4-6-7-8-9-14-19(16-22-3)23-20(21)18-13-10-12-17(15-18)11-5-2/h10,12-13,15,19H,4-9,11,14,16H2,1-3H3. The summed E-state index contributed by atoms with van der Waals surface area (Å²) in [6.45, 7) is 4.81. The lowest BCUT2D eigenvalue weighted by molar-refractivity contribution is 0.00236. The molecule has 1 unspecified atom stereocenters. The first-order valence-electron chi connectivity index (χ1n) is 9.00. The van der Waals surface area contributed by atoms with E-state index in [2.05, 4.69) is 19.9 Å². The van der Waals surface area contributed by atoms with Crippen LogP contribution in [0.1, 0.15) is 74.7 Å². The van der Waals surface area contributed by atoms with E-state index in [4.69, 9.17) is 9.47 Å². The molecule has 1 aromatic carbocycles. The highest BCUT2D eigenvalue weighted by Gasteiger charge is 2.16. The number of aryl methyl sites for hydroxylation is 1. The van der Waals surface area contributed by atoms with Gasteiger partial charge in [0.05, 0.1) is 12.2 Å². The van der Waals surface area contributed by atoms with Crippen molar-refractivity contribution in [2.75, 3.05) is 13.7 Å². The number of unbranched alkanes of at least 4 members (excludes halogenated alkanes) is 4. The van der Waals surface area contributed by atoms with Crippen LogP contribution in [-0.2, 0) is 15.9 Å². The second kappa shape index (κ2) is 12.1. The summed E-state index contributed by atoms with van der Waals surface area (Å²) in [6, 6.07) is 7.75. The van der Waals surface area contributed by atoms with E-state index in [-0.39, 0.29) is 12.1 Å². The normalized spacial score (nSPS) is 12.1. The summed E-state index contributed by atoms with van der Waals surface area (Å²) >= 11 is 0. The minimum atomic E-state index is -0.237. The highest BCUT2D eigenvalue weighted by atomic mass is 16.6. The molecule has 1 aromatic rings. The number of hydrogen-bond donors (Lipinski definition) is 0. The Balaban J connectivity index is 2.50. The number of carbonyl (C=O) groups is 1. The Morgan fingerprint density at radius 2 is 1.87 bits per heavy atom.